The lowest BCUT2D eigenvalue weighted by atomic mass is 9.84. The Morgan fingerprint density at radius 2 is 1.90 bits per heavy atom. The first-order valence-electron chi connectivity index (χ1n) is 8.48. The first-order chi connectivity index (χ1) is 9.47. The van der Waals surface area contributed by atoms with Crippen LogP contribution < -0.4 is 5.32 Å². The summed E-state index contributed by atoms with van der Waals surface area (Å²) in [7, 11) is 0. The van der Waals surface area contributed by atoms with E-state index in [9.17, 15) is 0 Å². The van der Waals surface area contributed by atoms with E-state index in [0.717, 1.165) is 51.9 Å². The van der Waals surface area contributed by atoms with Crippen molar-refractivity contribution in [2.24, 2.45) is 11.3 Å². The molecule has 0 aromatic carbocycles. The standard InChI is InChI=1S/C17H38N2O/c1-7-10-17(6,14-18-13-16(4)5)15-19(8-2)11-12-20-9-3/h16,18H,7-15H2,1-6H3. The Balaban J connectivity index is 4.30. The van der Waals surface area contributed by atoms with Gasteiger partial charge in [0.15, 0.2) is 0 Å². The molecule has 0 aliphatic carbocycles. The summed E-state index contributed by atoms with van der Waals surface area (Å²) in [6, 6.07) is 0. The highest BCUT2D eigenvalue weighted by atomic mass is 16.5. The number of likely N-dealkylation sites (N-methyl/N-ethyl adjacent to an activating group) is 1. The average Bonchev–Trinajstić information content (AvgIpc) is 2.37. The predicted molar refractivity (Wildman–Crippen MR) is 89.3 cm³/mol. The summed E-state index contributed by atoms with van der Waals surface area (Å²) < 4.78 is 5.50. The largest absolute Gasteiger partial charge is 0.380 e. The van der Waals surface area contributed by atoms with Crippen LogP contribution in [0.3, 0.4) is 0 Å². The van der Waals surface area contributed by atoms with E-state index in [4.69, 9.17) is 4.74 Å². The van der Waals surface area contributed by atoms with Crippen LogP contribution >= 0.6 is 0 Å². The van der Waals surface area contributed by atoms with Gasteiger partial charge in [0.2, 0.25) is 0 Å². The Kier molecular flexibility index (Phi) is 11.5. The minimum Gasteiger partial charge on any atom is -0.380 e. The van der Waals surface area contributed by atoms with E-state index in [2.05, 4.69) is 51.8 Å². The molecule has 1 atom stereocenters. The molecule has 0 aromatic rings. The van der Waals surface area contributed by atoms with Gasteiger partial charge in [-0.1, -0.05) is 41.0 Å². The van der Waals surface area contributed by atoms with Crippen LogP contribution in [0.5, 0.6) is 0 Å². The molecule has 0 rings (SSSR count). The summed E-state index contributed by atoms with van der Waals surface area (Å²) in [5, 5.41) is 3.65. The van der Waals surface area contributed by atoms with Crippen LogP contribution in [-0.2, 0) is 4.74 Å². The normalized spacial score (nSPS) is 15.0. The molecule has 0 saturated heterocycles. The van der Waals surface area contributed by atoms with Gasteiger partial charge >= 0.3 is 0 Å². The molecule has 0 radical (unpaired) electrons. The summed E-state index contributed by atoms with van der Waals surface area (Å²) in [4.78, 5) is 2.53. The van der Waals surface area contributed by atoms with Crippen molar-refractivity contribution in [1.82, 2.24) is 10.2 Å². The zero-order valence-electron chi connectivity index (χ0n) is 14.8. The van der Waals surface area contributed by atoms with Gasteiger partial charge in [-0.05, 0) is 37.8 Å². The molecule has 0 aromatic heterocycles. The molecule has 0 aliphatic rings. The summed E-state index contributed by atoms with van der Waals surface area (Å²) in [6.07, 6.45) is 2.53. The molecular weight excluding hydrogens is 248 g/mol. The third-order valence-corrected chi connectivity index (χ3v) is 3.77. The van der Waals surface area contributed by atoms with Crippen molar-refractivity contribution in [2.45, 2.75) is 54.4 Å². The van der Waals surface area contributed by atoms with Gasteiger partial charge in [0.05, 0.1) is 6.61 Å². The first kappa shape index (κ1) is 19.9. The van der Waals surface area contributed by atoms with Crippen molar-refractivity contribution in [3.8, 4) is 0 Å². The van der Waals surface area contributed by atoms with E-state index in [1.165, 1.54) is 12.8 Å². The summed E-state index contributed by atoms with van der Waals surface area (Å²) in [6.45, 7) is 20.8. The zero-order chi connectivity index (χ0) is 15.4. The Morgan fingerprint density at radius 3 is 2.40 bits per heavy atom. The lowest BCUT2D eigenvalue weighted by Crippen LogP contribution is -2.44. The van der Waals surface area contributed by atoms with Crippen molar-refractivity contribution in [3.63, 3.8) is 0 Å². The monoisotopic (exact) mass is 286 g/mol. The van der Waals surface area contributed by atoms with Crippen LogP contribution in [-0.4, -0.2) is 50.8 Å². The fraction of sp³-hybridized carbons (Fsp3) is 1.00. The molecule has 0 aliphatic heterocycles. The van der Waals surface area contributed by atoms with Crippen LogP contribution in [0.25, 0.3) is 0 Å². The highest BCUT2D eigenvalue weighted by molar-refractivity contribution is 4.80. The maximum atomic E-state index is 5.50. The Labute approximate surface area is 127 Å². The number of nitrogens with zero attached hydrogens (tertiary/aromatic N) is 1. The third-order valence-electron chi connectivity index (χ3n) is 3.77. The van der Waals surface area contributed by atoms with E-state index in [1.807, 2.05) is 0 Å². The van der Waals surface area contributed by atoms with E-state index in [-0.39, 0.29) is 0 Å². The molecule has 0 spiro atoms. The van der Waals surface area contributed by atoms with Crippen molar-refractivity contribution >= 4 is 0 Å². The molecule has 3 nitrogen and oxygen atoms in total. The van der Waals surface area contributed by atoms with E-state index >= 15 is 0 Å². The second kappa shape index (κ2) is 11.5. The summed E-state index contributed by atoms with van der Waals surface area (Å²) >= 11 is 0. The number of rotatable bonds is 13. The lowest BCUT2D eigenvalue weighted by Gasteiger charge is -2.35. The highest BCUT2D eigenvalue weighted by Crippen LogP contribution is 2.24. The number of hydrogen-bond donors (Lipinski definition) is 1. The lowest BCUT2D eigenvalue weighted by molar-refractivity contribution is 0.0896. The molecule has 0 heterocycles. The van der Waals surface area contributed by atoms with Crippen molar-refractivity contribution < 1.29 is 4.74 Å². The minimum absolute atomic E-state index is 0.367. The van der Waals surface area contributed by atoms with Gasteiger partial charge in [0.25, 0.3) is 0 Å². The molecule has 3 heteroatoms. The topological polar surface area (TPSA) is 24.5 Å². The van der Waals surface area contributed by atoms with E-state index in [1.54, 1.807) is 0 Å². The van der Waals surface area contributed by atoms with Crippen LogP contribution in [0.15, 0.2) is 0 Å². The third kappa shape index (κ3) is 9.73. The second-order valence-electron chi connectivity index (χ2n) is 6.65. The van der Waals surface area contributed by atoms with Gasteiger partial charge < -0.3 is 15.0 Å². The molecular formula is C17H38N2O. The highest BCUT2D eigenvalue weighted by Gasteiger charge is 2.25. The molecule has 0 amide bonds. The quantitative estimate of drug-likeness (QED) is 0.525. The van der Waals surface area contributed by atoms with Gasteiger partial charge in [0, 0.05) is 26.2 Å². The predicted octanol–water partition coefficient (Wildman–Crippen LogP) is 3.40. The number of nitrogens with one attached hydrogen (secondary N) is 1. The van der Waals surface area contributed by atoms with Crippen molar-refractivity contribution in [2.75, 3.05) is 45.9 Å². The van der Waals surface area contributed by atoms with Crippen LogP contribution in [0.1, 0.15) is 54.4 Å². The molecule has 0 bridgehead atoms. The van der Waals surface area contributed by atoms with Crippen molar-refractivity contribution in [1.29, 1.82) is 0 Å². The Hall–Kier alpha value is -0.120. The maximum Gasteiger partial charge on any atom is 0.0593 e. The Morgan fingerprint density at radius 1 is 1.20 bits per heavy atom. The SMILES string of the molecule is CCCC(C)(CNCC(C)C)CN(CC)CCOCC. The van der Waals surface area contributed by atoms with Crippen LogP contribution in [0.2, 0.25) is 0 Å². The summed E-state index contributed by atoms with van der Waals surface area (Å²) in [5.74, 6) is 0.723. The Bertz CT molecular complexity index is 221. The average molecular weight is 287 g/mol. The molecule has 1 N–H and O–H groups in total. The van der Waals surface area contributed by atoms with E-state index in [0.29, 0.717) is 5.41 Å². The molecule has 0 saturated carbocycles. The van der Waals surface area contributed by atoms with Crippen LogP contribution in [0, 0.1) is 11.3 Å². The van der Waals surface area contributed by atoms with Crippen molar-refractivity contribution in [3.05, 3.63) is 0 Å². The van der Waals surface area contributed by atoms with Gasteiger partial charge in [-0.2, -0.15) is 0 Å². The number of ether oxygens (including phenoxy) is 1. The zero-order valence-corrected chi connectivity index (χ0v) is 14.8. The van der Waals surface area contributed by atoms with Gasteiger partial charge in [-0.3, -0.25) is 0 Å². The van der Waals surface area contributed by atoms with Crippen LogP contribution in [0.4, 0.5) is 0 Å². The van der Waals surface area contributed by atoms with Gasteiger partial charge in [-0.15, -0.1) is 0 Å². The first-order valence-corrected chi connectivity index (χ1v) is 8.48. The fourth-order valence-corrected chi connectivity index (χ4v) is 2.72. The molecule has 1 unspecified atom stereocenters. The molecule has 0 fully saturated rings. The van der Waals surface area contributed by atoms with E-state index < -0.39 is 0 Å². The minimum atomic E-state index is 0.367. The van der Waals surface area contributed by atoms with Gasteiger partial charge in [0.1, 0.15) is 0 Å². The van der Waals surface area contributed by atoms with Gasteiger partial charge in [-0.25, -0.2) is 0 Å². The summed E-state index contributed by atoms with van der Waals surface area (Å²) in [5.41, 5.74) is 0.367. The fourth-order valence-electron chi connectivity index (χ4n) is 2.72. The molecule has 20 heavy (non-hydrogen) atoms. The second-order valence-corrected chi connectivity index (χ2v) is 6.65. The smallest absolute Gasteiger partial charge is 0.0593 e. The maximum absolute atomic E-state index is 5.50. The molecule has 122 valence electrons. The number of hydrogen-bond acceptors (Lipinski definition) is 3.